The van der Waals surface area contributed by atoms with Crippen LogP contribution in [-0.4, -0.2) is 22.3 Å². The molecule has 2 rings (SSSR count). The molecule has 0 saturated heterocycles. The Bertz CT molecular complexity index is 468. The van der Waals surface area contributed by atoms with Crippen molar-refractivity contribution in [1.82, 2.24) is 0 Å². The Morgan fingerprint density at radius 3 is 2.61 bits per heavy atom. The van der Waals surface area contributed by atoms with Crippen molar-refractivity contribution in [2.45, 2.75) is 78.7 Å². The molecule has 3 heteroatoms. The molecule has 5 atom stereocenters. The van der Waals surface area contributed by atoms with Crippen LogP contribution < -0.4 is 0 Å². The fourth-order valence-electron chi connectivity index (χ4n) is 5.55. The van der Waals surface area contributed by atoms with Gasteiger partial charge >= 0.3 is 5.97 Å². The summed E-state index contributed by atoms with van der Waals surface area (Å²) in [6.45, 7) is 13.2. The van der Waals surface area contributed by atoms with Crippen LogP contribution in [0.4, 0.5) is 0 Å². The Kier molecular flexibility index (Phi) is 5.30. The predicted octanol–water partition coefficient (Wildman–Crippen LogP) is 4.65. The molecule has 3 nitrogen and oxygen atoms in total. The Morgan fingerprint density at radius 1 is 1.35 bits per heavy atom. The van der Waals surface area contributed by atoms with Crippen LogP contribution in [0.3, 0.4) is 0 Å². The summed E-state index contributed by atoms with van der Waals surface area (Å²) in [7, 11) is 0. The third-order valence-electron chi connectivity index (χ3n) is 7.02. The van der Waals surface area contributed by atoms with Crippen molar-refractivity contribution in [1.29, 1.82) is 0 Å². The van der Waals surface area contributed by atoms with Crippen LogP contribution in [-0.2, 0) is 4.79 Å². The van der Waals surface area contributed by atoms with Gasteiger partial charge in [0.1, 0.15) is 0 Å². The average Bonchev–Trinajstić information content (AvgIpc) is 2.42. The van der Waals surface area contributed by atoms with E-state index in [1.807, 2.05) is 6.92 Å². The highest BCUT2D eigenvalue weighted by Gasteiger charge is 2.55. The van der Waals surface area contributed by atoms with E-state index in [-0.39, 0.29) is 29.3 Å². The van der Waals surface area contributed by atoms with Crippen LogP contribution in [0, 0.1) is 28.6 Å². The molecule has 0 aromatic rings. The zero-order chi connectivity index (χ0) is 17.4. The monoisotopic (exact) mass is 322 g/mol. The first-order valence-electron chi connectivity index (χ1n) is 9.16. The van der Waals surface area contributed by atoms with E-state index >= 15 is 0 Å². The number of aliphatic hydroxyl groups is 1. The fraction of sp³-hybridized carbons (Fsp3) is 0.850. The van der Waals surface area contributed by atoms with E-state index in [0.717, 1.165) is 38.5 Å². The molecule has 0 heterocycles. The fourth-order valence-corrected chi connectivity index (χ4v) is 5.55. The minimum Gasteiger partial charge on any atom is -0.481 e. The van der Waals surface area contributed by atoms with Crippen LogP contribution in [0.2, 0.25) is 0 Å². The summed E-state index contributed by atoms with van der Waals surface area (Å²) in [6, 6.07) is 0. The van der Waals surface area contributed by atoms with Crippen LogP contribution in [0.5, 0.6) is 0 Å². The molecule has 2 fully saturated rings. The smallest absolute Gasteiger partial charge is 0.303 e. The summed E-state index contributed by atoms with van der Waals surface area (Å²) >= 11 is 0. The topological polar surface area (TPSA) is 57.5 Å². The van der Waals surface area contributed by atoms with Gasteiger partial charge in [-0.2, -0.15) is 0 Å². The first kappa shape index (κ1) is 18.5. The molecule has 2 saturated carbocycles. The molecule has 132 valence electrons. The Morgan fingerprint density at radius 2 is 2.00 bits per heavy atom. The molecule has 23 heavy (non-hydrogen) atoms. The van der Waals surface area contributed by atoms with E-state index < -0.39 is 5.97 Å². The average molecular weight is 322 g/mol. The van der Waals surface area contributed by atoms with Crippen LogP contribution in [0.1, 0.15) is 72.6 Å². The van der Waals surface area contributed by atoms with E-state index in [1.54, 1.807) is 0 Å². The van der Waals surface area contributed by atoms with Gasteiger partial charge in [0.15, 0.2) is 0 Å². The molecule has 0 aromatic carbocycles. The van der Waals surface area contributed by atoms with Gasteiger partial charge in [-0.05, 0) is 67.1 Å². The van der Waals surface area contributed by atoms with Crippen molar-refractivity contribution < 1.29 is 15.0 Å². The largest absolute Gasteiger partial charge is 0.481 e. The molecule has 0 aliphatic heterocycles. The lowest BCUT2D eigenvalue weighted by Crippen LogP contribution is -2.54. The molecule has 0 aromatic heterocycles. The van der Waals surface area contributed by atoms with Crippen molar-refractivity contribution in [3.8, 4) is 0 Å². The Labute approximate surface area is 141 Å². The van der Waals surface area contributed by atoms with E-state index in [0.29, 0.717) is 11.8 Å². The SMILES string of the molecule is C=C1CCC2C(C)(C)C(O)CCC2(C)C1CCC(C)CC(=O)O. The number of rotatable bonds is 5. The van der Waals surface area contributed by atoms with Crippen LogP contribution in [0.25, 0.3) is 0 Å². The zero-order valence-electron chi connectivity index (χ0n) is 15.3. The lowest BCUT2D eigenvalue weighted by molar-refractivity contribution is -0.138. The number of aliphatic hydroxyl groups excluding tert-OH is 1. The quantitative estimate of drug-likeness (QED) is 0.725. The summed E-state index contributed by atoms with van der Waals surface area (Å²) in [4.78, 5) is 10.9. The number of aliphatic carboxylic acids is 1. The van der Waals surface area contributed by atoms with E-state index in [2.05, 4.69) is 27.4 Å². The maximum Gasteiger partial charge on any atom is 0.303 e. The minimum atomic E-state index is -0.703. The lowest BCUT2D eigenvalue weighted by atomic mass is 9.46. The first-order valence-corrected chi connectivity index (χ1v) is 9.16. The summed E-state index contributed by atoms with van der Waals surface area (Å²) < 4.78 is 0. The molecule has 2 N–H and O–H groups in total. The molecular weight excluding hydrogens is 288 g/mol. The normalized spacial score (nSPS) is 38.0. The van der Waals surface area contributed by atoms with E-state index in [4.69, 9.17) is 5.11 Å². The Hall–Kier alpha value is -0.830. The van der Waals surface area contributed by atoms with Crippen molar-refractivity contribution in [2.24, 2.45) is 28.6 Å². The van der Waals surface area contributed by atoms with Gasteiger partial charge in [-0.3, -0.25) is 4.79 Å². The highest BCUT2D eigenvalue weighted by atomic mass is 16.4. The maximum absolute atomic E-state index is 10.9. The van der Waals surface area contributed by atoms with Crippen molar-refractivity contribution in [3.63, 3.8) is 0 Å². The third-order valence-corrected chi connectivity index (χ3v) is 7.02. The van der Waals surface area contributed by atoms with Crippen molar-refractivity contribution in [3.05, 3.63) is 12.2 Å². The lowest BCUT2D eigenvalue weighted by Gasteiger charge is -2.59. The van der Waals surface area contributed by atoms with Gasteiger partial charge in [0.05, 0.1) is 6.10 Å². The van der Waals surface area contributed by atoms with Gasteiger partial charge in [-0.1, -0.05) is 39.8 Å². The van der Waals surface area contributed by atoms with E-state index in [9.17, 15) is 9.90 Å². The maximum atomic E-state index is 10.9. The molecule has 5 unspecified atom stereocenters. The van der Waals surface area contributed by atoms with Crippen molar-refractivity contribution >= 4 is 5.97 Å². The number of hydrogen-bond acceptors (Lipinski definition) is 2. The van der Waals surface area contributed by atoms with E-state index in [1.165, 1.54) is 5.57 Å². The van der Waals surface area contributed by atoms with Gasteiger partial charge < -0.3 is 10.2 Å². The third kappa shape index (κ3) is 3.50. The number of carboxylic acid groups (broad SMARTS) is 1. The van der Waals surface area contributed by atoms with Gasteiger partial charge in [0, 0.05) is 6.42 Å². The summed E-state index contributed by atoms with van der Waals surface area (Å²) in [5.74, 6) is 0.491. The molecule has 0 bridgehead atoms. The summed E-state index contributed by atoms with van der Waals surface area (Å²) in [5.41, 5.74) is 1.50. The highest BCUT2D eigenvalue weighted by molar-refractivity contribution is 5.66. The summed E-state index contributed by atoms with van der Waals surface area (Å²) in [6.07, 6.45) is 6.12. The highest BCUT2D eigenvalue weighted by Crippen LogP contribution is 2.61. The van der Waals surface area contributed by atoms with Crippen molar-refractivity contribution in [2.75, 3.05) is 0 Å². The molecule has 2 aliphatic carbocycles. The number of carbonyl (C=O) groups is 1. The molecular formula is C20H34O3. The standard InChI is InChI=1S/C20H34O3/c1-13(12-18(22)23)6-8-15-14(2)7-9-16-19(3,4)17(21)10-11-20(15,16)5/h13,15-17,21H,2,6-12H2,1,3-5H3,(H,22,23). The molecule has 2 aliphatic rings. The van der Waals surface area contributed by atoms with Gasteiger partial charge in [0.2, 0.25) is 0 Å². The molecule has 0 spiro atoms. The number of fused-ring (bicyclic) bond motifs is 1. The minimum absolute atomic E-state index is 0.0430. The second-order valence-electron chi connectivity index (χ2n) is 8.96. The van der Waals surface area contributed by atoms with Gasteiger partial charge in [-0.15, -0.1) is 0 Å². The first-order chi connectivity index (χ1) is 10.6. The van der Waals surface area contributed by atoms with Gasteiger partial charge in [-0.25, -0.2) is 0 Å². The second-order valence-corrected chi connectivity index (χ2v) is 8.96. The predicted molar refractivity (Wildman–Crippen MR) is 93.1 cm³/mol. The zero-order valence-corrected chi connectivity index (χ0v) is 15.3. The van der Waals surface area contributed by atoms with Crippen LogP contribution in [0.15, 0.2) is 12.2 Å². The summed E-state index contributed by atoms with van der Waals surface area (Å²) in [5, 5.41) is 19.4. The molecule has 0 amide bonds. The Balaban J connectivity index is 2.14. The number of hydrogen-bond donors (Lipinski definition) is 2. The molecule has 0 radical (unpaired) electrons. The van der Waals surface area contributed by atoms with Crippen LogP contribution >= 0.6 is 0 Å². The van der Waals surface area contributed by atoms with Gasteiger partial charge in [0.25, 0.3) is 0 Å². The second kappa shape index (κ2) is 6.58. The number of allylic oxidation sites excluding steroid dienone is 1. The number of carboxylic acids is 1.